The Morgan fingerprint density at radius 2 is 1.71 bits per heavy atom. The number of carbonyl (C=O) groups is 2. The first kappa shape index (κ1) is 21.4. The van der Waals surface area contributed by atoms with Crippen LogP contribution in [0.5, 0.6) is 0 Å². The summed E-state index contributed by atoms with van der Waals surface area (Å²) >= 11 is 18.3. The molecule has 3 aromatic carbocycles. The van der Waals surface area contributed by atoms with Gasteiger partial charge in [-0.1, -0.05) is 71.2 Å². The Labute approximate surface area is 194 Å². The fourth-order valence-electron chi connectivity index (χ4n) is 3.31. The molecule has 0 saturated carbocycles. The fraction of sp³-hybridized carbons (Fsp3) is 0.0833. The van der Waals surface area contributed by atoms with E-state index in [2.05, 4.69) is 0 Å². The van der Waals surface area contributed by atoms with E-state index in [9.17, 15) is 9.59 Å². The van der Waals surface area contributed by atoms with E-state index in [4.69, 9.17) is 39.5 Å². The molecule has 4 rings (SSSR count). The minimum absolute atomic E-state index is 0.140. The van der Waals surface area contributed by atoms with Gasteiger partial charge in [0.15, 0.2) is 0 Å². The van der Waals surface area contributed by atoms with E-state index in [1.54, 1.807) is 42.5 Å². The number of nitrogens with zero attached hydrogens (tertiary/aromatic N) is 1. The van der Waals surface area contributed by atoms with Gasteiger partial charge in [-0.25, -0.2) is 0 Å². The predicted octanol–water partition coefficient (Wildman–Crippen LogP) is 6.28. The van der Waals surface area contributed by atoms with Crippen molar-refractivity contribution in [1.29, 1.82) is 0 Å². The molecule has 0 radical (unpaired) electrons. The van der Waals surface area contributed by atoms with Crippen molar-refractivity contribution < 1.29 is 14.3 Å². The molecule has 0 bridgehead atoms. The summed E-state index contributed by atoms with van der Waals surface area (Å²) in [7, 11) is 0. The summed E-state index contributed by atoms with van der Waals surface area (Å²) in [5.74, 6) is -0.825. The van der Waals surface area contributed by atoms with Gasteiger partial charge in [0.25, 0.3) is 5.91 Å². The van der Waals surface area contributed by atoms with Gasteiger partial charge in [0.05, 0.1) is 15.7 Å². The Balaban J connectivity index is 1.59. The van der Waals surface area contributed by atoms with E-state index in [1.807, 2.05) is 30.3 Å². The highest BCUT2D eigenvalue weighted by molar-refractivity contribution is 6.42. The molecule has 7 heteroatoms. The van der Waals surface area contributed by atoms with Crippen molar-refractivity contribution in [2.45, 2.75) is 6.61 Å². The van der Waals surface area contributed by atoms with Gasteiger partial charge in [0, 0.05) is 16.2 Å². The van der Waals surface area contributed by atoms with Crippen LogP contribution in [0, 0.1) is 0 Å². The lowest BCUT2D eigenvalue weighted by Crippen LogP contribution is -2.33. The summed E-state index contributed by atoms with van der Waals surface area (Å²) in [6.45, 7) is -0.0693. The average molecular weight is 473 g/mol. The minimum Gasteiger partial charge on any atom is -0.459 e. The van der Waals surface area contributed by atoms with Crippen LogP contribution in [0.1, 0.15) is 16.7 Å². The van der Waals surface area contributed by atoms with Crippen LogP contribution in [0.3, 0.4) is 0 Å². The van der Waals surface area contributed by atoms with Crippen LogP contribution in [-0.2, 0) is 20.9 Å². The van der Waals surface area contributed by atoms with Crippen molar-refractivity contribution in [1.82, 2.24) is 0 Å². The molecule has 0 aliphatic carbocycles. The molecule has 156 valence electrons. The maximum absolute atomic E-state index is 13.2. The molecule has 0 unspecified atom stereocenters. The summed E-state index contributed by atoms with van der Waals surface area (Å²) in [4.78, 5) is 27.0. The van der Waals surface area contributed by atoms with Crippen molar-refractivity contribution in [2.75, 3.05) is 11.4 Å². The zero-order valence-electron chi connectivity index (χ0n) is 16.1. The van der Waals surface area contributed by atoms with Crippen LogP contribution in [0.15, 0.2) is 66.7 Å². The van der Waals surface area contributed by atoms with Crippen LogP contribution < -0.4 is 4.90 Å². The van der Waals surface area contributed by atoms with Gasteiger partial charge in [0.1, 0.15) is 13.2 Å². The van der Waals surface area contributed by atoms with Crippen LogP contribution in [-0.4, -0.2) is 18.4 Å². The van der Waals surface area contributed by atoms with E-state index in [0.717, 1.165) is 5.56 Å². The molecule has 0 aromatic heterocycles. The lowest BCUT2D eigenvalue weighted by molar-refractivity contribution is -0.143. The number of fused-ring (bicyclic) bond motifs is 1. The van der Waals surface area contributed by atoms with E-state index in [-0.39, 0.29) is 19.1 Å². The molecule has 3 aromatic rings. The highest BCUT2D eigenvalue weighted by Gasteiger charge is 2.34. The summed E-state index contributed by atoms with van der Waals surface area (Å²) in [6.07, 6.45) is 1.70. The number of hydrogen-bond donors (Lipinski definition) is 0. The Bertz CT molecular complexity index is 1190. The van der Waals surface area contributed by atoms with Crippen molar-refractivity contribution in [3.8, 4) is 0 Å². The molecule has 1 aliphatic rings. The maximum atomic E-state index is 13.2. The molecule has 4 nitrogen and oxygen atoms in total. The third kappa shape index (κ3) is 4.77. The Morgan fingerprint density at radius 3 is 2.45 bits per heavy atom. The van der Waals surface area contributed by atoms with Crippen LogP contribution in [0.4, 0.5) is 5.69 Å². The first-order chi connectivity index (χ1) is 14.9. The van der Waals surface area contributed by atoms with Crippen LogP contribution >= 0.6 is 34.8 Å². The molecule has 0 atom stereocenters. The SMILES string of the molecule is O=C(CN1C(=O)/C(=C/c2ccc(Cl)c(Cl)c2)c2cc(Cl)ccc21)OCc1ccccc1. The number of esters is 1. The first-order valence-corrected chi connectivity index (χ1v) is 10.5. The topological polar surface area (TPSA) is 46.6 Å². The van der Waals surface area contributed by atoms with Gasteiger partial charge >= 0.3 is 5.97 Å². The predicted molar refractivity (Wildman–Crippen MR) is 124 cm³/mol. The number of benzene rings is 3. The molecule has 0 N–H and O–H groups in total. The average Bonchev–Trinajstić information content (AvgIpc) is 3.00. The zero-order chi connectivity index (χ0) is 22.0. The zero-order valence-corrected chi connectivity index (χ0v) is 18.4. The monoisotopic (exact) mass is 471 g/mol. The third-order valence-corrected chi connectivity index (χ3v) is 5.77. The van der Waals surface area contributed by atoms with Gasteiger partial charge in [-0.05, 0) is 47.5 Å². The molecule has 0 fully saturated rings. The van der Waals surface area contributed by atoms with E-state index in [1.165, 1.54) is 4.90 Å². The number of halogens is 3. The summed E-state index contributed by atoms with van der Waals surface area (Å²) in [5, 5.41) is 1.29. The van der Waals surface area contributed by atoms with Crippen LogP contribution in [0.2, 0.25) is 15.1 Å². The molecule has 0 saturated heterocycles. The van der Waals surface area contributed by atoms with Gasteiger partial charge in [-0.15, -0.1) is 0 Å². The Kier molecular flexibility index (Phi) is 6.33. The Morgan fingerprint density at radius 1 is 0.935 bits per heavy atom. The van der Waals surface area contributed by atoms with E-state index in [0.29, 0.717) is 37.5 Å². The van der Waals surface area contributed by atoms with Crippen molar-refractivity contribution >= 4 is 64.0 Å². The van der Waals surface area contributed by atoms with Crippen molar-refractivity contribution in [3.05, 3.63) is 98.5 Å². The lowest BCUT2D eigenvalue weighted by Gasteiger charge is -2.16. The minimum atomic E-state index is -0.506. The summed E-state index contributed by atoms with van der Waals surface area (Å²) in [5.41, 5.74) is 3.22. The number of anilines is 1. The number of rotatable bonds is 5. The molecule has 31 heavy (non-hydrogen) atoms. The summed E-state index contributed by atoms with van der Waals surface area (Å²) < 4.78 is 5.35. The maximum Gasteiger partial charge on any atom is 0.326 e. The molecule has 0 spiro atoms. The molecule has 1 heterocycles. The van der Waals surface area contributed by atoms with Gasteiger partial charge in [0.2, 0.25) is 0 Å². The smallest absolute Gasteiger partial charge is 0.326 e. The largest absolute Gasteiger partial charge is 0.459 e. The molecular weight excluding hydrogens is 457 g/mol. The molecular formula is C24H16Cl3NO3. The quantitative estimate of drug-likeness (QED) is 0.324. The fourth-order valence-corrected chi connectivity index (χ4v) is 3.79. The molecule has 1 aliphatic heterocycles. The van der Waals surface area contributed by atoms with Crippen molar-refractivity contribution in [3.63, 3.8) is 0 Å². The second-order valence-electron chi connectivity index (χ2n) is 6.93. The van der Waals surface area contributed by atoms with E-state index >= 15 is 0 Å². The lowest BCUT2D eigenvalue weighted by atomic mass is 10.0. The Hall–Kier alpha value is -2.79. The van der Waals surface area contributed by atoms with Crippen LogP contribution in [0.25, 0.3) is 11.6 Å². The van der Waals surface area contributed by atoms with Gasteiger partial charge in [-0.3, -0.25) is 14.5 Å². The number of hydrogen-bond acceptors (Lipinski definition) is 3. The number of amides is 1. The van der Waals surface area contributed by atoms with Crippen molar-refractivity contribution in [2.24, 2.45) is 0 Å². The highest BCUT2D eigenvalue weighted by Crippen LogP contribution is 2.39. The molecule has 1 amide bonds. The second kappa shape index (κ2) is 9.15. The van der Waals surface area contributed by atoms with Gasteiger partial charge in [-0.2, -0.15) is 0 Å². The first-order valence-electron chi connectivity index (χ1n) is 9.40. The number of ether oxygens (including phenoxy) is 1. The standard InChI is InChI=1S/C24H16Cl3NO3/c25-17-7-9-22-18(12-17)19(10-16-6-8-20(26)21(27)11-16)24(30)28(22)13-23(29)31-14-15-4-2-1-3-5-15/h1-12H,13-14H2/b19-10+. The summed E-state index contributed by atoms with van der Waals surface area (Å²) in [6, 6.07) is 19.5. The third-order valence-electron chi connectivity index (χ3n) is 4.80. The van der Waals surface area contributed by atoms with E-state index < -0.39 is 5.97 Å². The highest BCUT2D eigenvalue weighted by atomic mass is 35.5. The number of carbonyl (C=O) groups excluding carboxylic acids is 2. The normalized spacial score (nSPS) is 14.1. The second-order valence-corrected chi connectivity index (χ2v) is 8.18. The van der Waals surface area contributed by atoms with Gasteiger partial charge < -0.3 is 4.74 Å².